The number of esters is 1. The summed E-state index contributed by atoms with van der Waals surface area (Å²) in [7, 11) is 1.35. The molecule has 0 bridgehead atoms. The number of carbonyl (C=O) groups is 2. The van der Waals surface area contributed by atoms with Crippen LogP contribution >= 0.6 is 12.4 Å². The molecule has 0 aromatic rings. The van der Waals surface area contributed by atoms with Crippen molar-refractivity contribution in [3.63, 3.8) is 0 Å². The molecule has 0 aromatic heterocycles. The van der Waals surface area contributed by atoms with Crippen LogP contribution in [0.1, 0.15) is 25.7 Å². The molecular weight excluding hydrogens is 296 g/mol. The van der Waals surface area contributed by atoms with Crippen LogP contribution < -0.4 is 10.6 Å². The van der Waals surface area contributed by atoms with E-state index in [0.29, 0.717) is 13.0 Å². The lowest BCUT2D eigenvalue weighted by Crippen LogP contribution is -2.56. The zero-order valence-electron chi connectivity index (χ0n) is 12.3. The van der Waals surface area contributed by atoms with Gasteiger partial charge in [0.25, 0.3) is 0 Å². The van der Waals surface area contributed by atoms with Crippen LogP contribution in [0.2, 0.25) is 0 Å². The molecule has 2 N–H and O–H groups in total. The lowest BCUT2D eigenvalue weighted by Gasteiger charge is -2.27. The van der Waals surface area contributed by atoms with Crippen LogP contribution in [0.25, 0.3) is 0 Å². The second kappa shape index (κ2) is 6.10. The molecule has 120 valence electrons. The first kappa shape index (κ1) is 16.5. The quantitative estimate of drug-likeness (QED) is 0.729. The molecule has 2 heterocycles. The molecule has 3 rings (SSSR count). The largest absolute Gasteiger partial charge is 0.467 e. The van der Waals surface area contributed by atoms with Crippen molar-refractivity contribution in [3.8, 4) is 0 Å². The summed E-state index contributed by atoms with van der Waals surface area (Å²) in [4.78, 5) is 24.4. The lowest BCUT2D eigenvalue weighted by molar-refractivity contribution is -0.151. The first-order valence-electron chi connectivity index (χ1n) is 7.31. The molecule has 2 unspecified atom stereocenters. The fourth-order valence-corrected chi connectivity index (χ4v) is 3.59. The van der Waals surface area contributed by atoms with Gasteiger partial charge in [0, 0.05) is 18.9 Å². The van der Waals surface area contributed by atoms with Gasteiger partial charge in [0.05, 0.1) is 13.7 Å². The molecule has 21 heavy (non-hydrogen) atoms. The molecule has 1 aliphatic carbocycles. The normalized spacial score (nSPS) is 33.1. The average molecular weight is 319 g/mol. The molecule has 2 saturated heterocycles. The van der Waals surface area contributed by atoms with Crippen LogP contribution in [0.5, 0.6) is 0 Å². The van der Waals surface area contributed by atoms with E-state index in [2.05, 4.69) is 10.6 Å². The maximum atomic E-state index is 12.5. The zero-order valence-corrected chi connectivity index (χ0v) is 13.1. The number of hydrogen-bond donors (Lipinski definition) is 2. The number of methoxy groups -OCH3 is 1. The predicted octanol–water partition coefficient (Wildman–Crippen LogP) is 0.246. The van der Waals surface area contributed by atoms with E-state index in [-0.39, 0.29) is 36.3 Å². The van der Waals surface area contributed by atoms with Crippen LogP contribution in [0.15, 0.2) is 0 Å². The zero-order chi connectivity index (χ0) is 14.2. The Labute approximate surface area is 130 Å². The second-order valence-electron chi connectivity index (χ2n) is 6.23. The van der Waals surface area contributed by atoms with E-state index < -0.39 is 11.5 Å². The summed E-state index contributed by atoms with van der Waals surface area (Å²) in [5, 5.41) is 6.24. The van der Waals surface area contributed by atoms with Crippen molar-refractivity contribution < 1.29 is 19.1 Å². The molecule has 3 aliphatic rings. The number of halogens is 1. The third-order valence-corrected chi connectivity index (χ3v) is 5.07. The van der Waals surface area contributed by atoms with Crippen LogP contribution in [-0.2, 0) is 19.1 Å². The van der Waals surface area contributed by atoms with Crippen molar-refractivity contribution in [2.75, 3.05) is 33.4 Å². The number of nitrogens with one attached hydrogen (secondary N) is 2. The Kier molecular flexibility index (Phi) is 4.80. The van der Waals surface area contributed by atoms with Crippen molar-refractivity contribution in [2.24, 2.45) is 11.3 Å². The molecule has 0 aromatic carbocycles. The van der Waals surface area contributed by atoms with E-state index in [1.54, 1.807) is 0 Å². The summed E-state index contributed by atoms with van der Waals surface area (Å²) in [6, 6.07) is 0. The molecule has 1 spiro atoms. The molecule has 1 amide bonds. The molecule has 0 radical (unpaired) electrons. The van der Waals surface area contributed by atoms with Gasteiger partial charge in [-0.2, -0.15) is 0 Å². The van der Waals surface area contributed by atoms with E-state index in [0.717, 1.165) is 32.4 Å². The van der Waals surface area contributed by atoms with Gasteiger partial charge in [0.15, 0.2) is 5.54 Å². The Morgan fingerprint density at radius 3 is 2.57 bits per heavy atom. The van der Waals surface area contributed by atoms with Crippen LogP contribution in [0, 0.1) is 11.3 Å². The summed E-state index contributed by atoms with van der Waals surface area (Å²) >= 11 is 0. The molecule has 1 saturated carbocycles. The molecule has 2 aliphatic heterocycles. The smallest absolute Gasteiger partial charge is 0.334 e. The monoisotopic (exact) mass is 318 g/mol. The van der Waals surface area contributed by atoms with Crippen LogP contribution in [0.4, 0.5) is 0 Å². The maximum Gasteiger partial charge on any atom is 0.334 e. The number of rotatable bonds is 3. The first-order valence-corrected chi connectivity index (χ1v) is 7.31. The highest BCUT2D eigenvalue weighted by atomic mass is 35.5. The number of hydrogen-bond acceptors (Lipinski definition) is 5. The Morgan fingerprint density at radius 2 is 2.00 bits per heavy atom. The maximum absolute atomic E-state index is 12.5. The van der Waals surface area contributed by atoms with Crippen LogP contribution in [0.3, 0.4) is 0 Å². The first-order chi connectivity index (χ1) is 9.62. The van der Waals surface area contributed by atoms with Gasteiger partial charge < -0.3 is 20.1 Å². The Bertz CT molecular complexity index is 417. The second-order valence-corrected chi connectivity index (χ2v) is 6.23. The number of amides is 1. The van der Waals surface area contributed by atoms with E-state index in [1.165, 1.54) is 7.11 Å². The highest BCUT2D eigenvalue weighted by molar-refractivity contribution is 5.91. The van der Waals surface area contributed by atoms with Crippen LogP contribution in [-0.4, -0.2) is 50.8 Å². The van der Waals surface area contributed by atoms with Gasteiger partial charge in [0.1, 0.15) is 0 Å². The molecule has 2 atom stereocenters. The molecule has 6 nitrogen and oxygen atoms in total. The molecular formula is C14H23ClN2O4. The van der Waals surface area contributed by atoms with Gasteiger partial charge >= 0.3 is 5.97 Å². The highest BCUT2D eigenvalue weighted by Gasteiger charge is 2.59. The lowest BCUT2D eigenvalue weighted by atomic mass is 9.91. The topological polar surface area (TPSA) is 76.7 Å². The molecule has 7 heteroatoms. The van der Waals surface area contributed by atoms with E-state index in [9.17, 15) is 9.59 Å². The minimum Gasteiger partial charge on any atom is -0.467 e. The standard InChI is InChI=1S/C14H22N2O4.ClH/c1-19-12(18)14(4-7-20-9-14)16-11(17)10-8-13(10)2-5-15-6-3-13;/h10,15H,2-9H2,1H3,(H,16,17);1H. The van der Waals surface area contributed by atoms with Gasteiger partial charge in [-0.15, -0.1) is 12.4 Å². The third kappa shape index (κ3) is 2.89. The summed E-state index contributed by atoms with van der Waals surface area (Å²) in [5.41, 5.74) is -0.797. The number of ether oxygens (including phenoxy) is 2. The van der Waals surface area contributed by atoms with Crippen molar-refractivity contribution in [2.45, 2.75) is 31.2 Å². The Balaban J connectivity index is 0.00000161. The predicted molar refractivity (Wildman–Crippen MR) is 78.2 cm³/mol. The molecule has 3 fully saturated rings. The minimum atomic E-state index is -0.970. The van der Waals surface area contributed by atoms with E-state index >= 15 is 0 Å². The fourth-order valence-electron chi connectivity index (χ4n) is 3.59. The third-order valence-electron chi connectivity index (χ3n) is 5.07. The number of carbonyl (C=O) groups excluding carboxylic acids is 2. The highest BCUT2D eigenvalue weighted by Crippen LogP contribution is 2.58. The van der Waals surface area contributed by atoms with Crippen molar-refractivity contribution in [1.29, 1.82) is 0 Å². The van der Waals surface area contributed by atoms with Crippen molar-refractivity contribution in [1.82, 2.24) is 10.6 Å². The van der Waals surface area contributed by atoms with Crippen molar-refractivity contribution >= 4 is 24.3 Å². The van der Waals surface area contributed by atoms with E-state index in [4.69, 9.17) is 9.47 Å². The average Bonchev–Trinajstić information content (AvgIpc) is 2.95. The van der Waals surface area contributed by atoms with Gasteiger partial charge in [-0.25, -0.2) is 4.79 Å². The summed E-state index contributed by atoms with van der Waals surface area (Å²) < 4.78 is 10.1. The summed E-state index contributed by atoms with van der Waals surface area (Å²) in [5.74, 6) is -0.363. The van der Waals surface area contributed by atoms with E-state index in [1.807, 2.05) is 0 Å². The minimum absolute atomic E-state index is 0. The SMILES string of the molecule is COC(=O)C1(NC(=O)C2CC23CCNCC3)CCOC1.Cl. The van der Waals surface area contributed by atoms with Gasteiger partial charge in [-0.3, -0.25) is 4.79 Å². The van der Waals surface area contributed by atoms with Gasteiger partial charge in [-0.05, 0) is 37.8 Å². The number of piperidine rings is 1. The Morgan fingerprint density at radius 1 is 1.29 bits per heavy atom. The Hall–Kier alpha value is -0.850. The van der Waals surface area contributed by atoms with Gasteiger partial charge in [-0.1, -0.05) is 0 Å². The van der Waals surface area contributed by atoms with Gasteiger partial charge in [0.2, 0.25) is 5.91 Å². The van der Waals surface area contributed by atoms with Crippen molar-refractivity contribution in [3.05, 3.63) is 0 Å². The fraction of sp³-hybridized carbons (Fsp3) is 0.857. The summed E-state index contributed by atoms with van der Waals surface area (Å²) in [6.45, 7) is 2.66. The summed E-state index contributed by atoms with van der Waals surface area (Å²) in [6.07, 6.45) is 3.53.